The lowest BCUT2D eigenvalue weighted by Gasteiger charge is -2.28. The molecule has 0 saturated heterocycles. The van der Waals surface area contributed by atoms with Gasteiger partial charge in [0.05, 0.1) is 13.2 Å². The van der Waals surface area contributed by atoms with Crippen LogP contribution in [0.15, 0.2) is 30.3 Å². The molecule has 0 aliphatic heterocycles. The fourth-order valence-electron chi connectivity index (χ4n) is 3.89. The maximum Gasteiger partial charge on any atom is 0.500 e. The van der Waals surface area contributed by atoms with Crippen LogP contribution in [0.4, 0.5) is 10.5 Å². The standard InChI is InChI=1S/C30H50N2O8Si/c1-5-9-15-28(33)32-27-19-16-26(17-20-27)18-21-29(34)36-23-12-10-11-13-24-37-30(35)31-22-14-25-41(38-6-2,39-7-3)40-8-4/h16-21H,5-15,22-25H2,1-4H3,(H,31,35)(H,32,33)/b21-18+. The number of unbranched alkanes of at least 4 members (excludes halogenated alkanes) is 4. The van der Waals surface area contributed by atoms with Crippen LogP contribution in [0.3, 0.4) is 0 Å². The molecule has 0 heterocycles. The van der Waals surface area contributed by atoms with Crippen LogP contribution in [0.5, 0.6) is 0 Å². The molecule has 2 amide bonds. The number of rotatable bonds is 23. The molecule has 0 bridgehead atoms. The highest BCUT2D eigenvalue weighted by Gasteiger charge is 2.39. The Hall–Kier alpha value is -2.73. The van der Waals surface area contributed by atoms with Crippen molar-refractivity contribution in [3.63, 3.8) is 0 Å². The van der Waals surface area contributed by atoms with Gasteiger partial charge in [-0.15, -0.1) is 0 Å². The second kappa shape index (κ2) is 22.9. The summed E-state index contributed by atoms with van der Waals surface area (Å²) < 4.78 is 27.9. The van der Waals surface area contributed by atoms with E-state index in [-0.39, 0.29) is 5.91 Å². The predicted molar refractivity (Wildman–Crippen MR) is 162 cm³/mol. The van der Waals surface area contributed by atoms with Crippen molar-refractivity contribution in [3.8, 4) is 0 Å². The van der Waals surface area contributed by atoms with Gasteiger partial charge in [0.15, 0.2) is 0 Å². The summed E-state index contributed by atoms with van der Waals surface area (Å²) in [6.45, 7) is 10.5. The van der Waals surface area contributed by atoms with Gasteiger partial charge in [0, 0.05) is 50.6 Å². The molecule has 1 aromatic carbocycles. The highest BCUT2D eigenvalue weighted by atomic mass is 28.4. The predicted octanol–water partition coefficient (Wildman–Crippen LogP) is 6.10. The van der Waals surface area contributed by atoms with E-state index in [2.05, 4.69) is 10.6 Å². The molecule has 0 aliphatic carbocycles. The Bertz CT molecular complexity index is 878. The molecule has 0 aromatic heterocycles. The third-order valence-electron chi connectivity index (χ3n) is 5.90. The van der Waals surface area contributed by atoms with E-state index < -0.39 is 20.9 Å². The van der Waals surface area contributed by atoms with Crippen molar-refractivity contribution in [2.75, 3.05) is 44.9 Å². The monoisotopic (exact) mass is 594 g/mol. The summed E-state index contributed by atoms with van der Waals surface area (Å²) in [5.74, 6) is -0.392. The molecule has 0 saturated carbocycles. The van der Waals surface area contributed by atoms with Crippen LogP contribution in [-0.4, -0.2) is 66.4 Å². The van der Waals surface area contributed by atoms with Crippen molar-refractivity contribution >= 4 is 38.5 Å². The molecular weight excluding hydrogens is 544 g/mol. The summed E-state index contributed by atoms with van der Waals surface area (Å²) in [5, 5.41) is 5.62. The number of anilines is 1. The van der Waals surface area contributed by atoms with Crippen LogP contribution in [0, 0.1) is 0 Å². The molecule has 11 heteroatoms. The molecule has 0 radical (unpaired) electrons. The Morgan fingerprint density at radius 3 is 1.98 bits per heavy atom. The van der Waals surface area contributed by atoms with E-state index in [0.717, 1.165) is 49.8 Å². The van der Waals surface area contributed by atoms with Gasteiger partial charge in [-0.1, -0.05) is 25.5 Å². The summed E-state index contributed by atoms with van der Waals surface area (Å²) in [5.41, 5.74) is 1.58. The van der Waals surface area contributed by atoms with Crippen LogP contribution >= 0.6 is 0 Å². The van der Waals surface area contributed by atoms with E-state index in [1.165, 1.54) is 6.08 Å². The van der Waals surface area contributed by atoms with E-state index in [1.807, 2.05) is 52.0 Å². The number of benzene rings is 1. The number of hydrogen-bond acceptors (Lipinski definition) is 8. The van der Waals surface area contributed by atoms with Crippen molar-refractivity contribution in [2.45, 2.75) is 85.1 Å². The minimum atomic E-state index is -2.69. The first-order valence-corrected chi connectivity index (χ1v) is 16.9. The van der Waals surface area contributed by atoms with Gasteiger partial charge in [0.2, 0.25) is 5.91 Å². The van der Waals surface area contributed by atoms with Gasteiger partial charge in [-0.2, -0.15) is 0 Å². The van der Waals surface area contributed by atoms with Crippen molar-refractivity contribution in [2.24, 2.45) is 0 Å². The number of alkyl carbamates (subject to hydrolysis) is 1. The van der Waals surface area contributed by atoms with Gasteiger partial charge >= 0.3 is 20.9 Å². The first-order chi connectivity index (χ1) is 19.9. The zero-order chi connectivity index (χ0) is 30.2. The number of hydrogen-bond donors (Lipinski definition) is 2. The van der Waals surface area contributed by atoms with Gasteiger partial charge < -0.3 is 33.4 Å². The largest absolute Gasteiger partial charge is 0.500 e. The number of carbonyl (C=O) groups is 3. The highest BCUT2D eigenvalue weighted by Crippen LogP contribution is 2.18. The third kappa shape index (κ3) is 17.6. The summed E-state index contributed by atoms with van der Waals surface area (Å²) in [4.78, 5) is 35.7. The van der Waals surface area contributed by atoms with Crippen molar-refractivity contribution in [3.05, 3.63) is 35.9 Å². The van der Waals surface area contributed by atoms with Gasteiger partial charge in [-0.25, -0.2) is 9.59 Å². The van der Waals surface area contributed by atoms with Gasteiger partial charge in [0.1, 0.15) is 0 Å². The maximum absolute atomic E-state index is 12.0. The minimum absolute atomic E-state index is 0.00534. The topological polar surface area (TPSA) is 121 Å². The van der Waals surface area contributed by atoms with Gasteiger partial charge in [0.25, 0.3) is 0 Å². The molecule has 1 aromatic rings. The van der Waals surface area contributed by atoms with E-state index in [0.29, 0.717) is 58.5 Å². The van der Waals surface area contributed by atoms with E-state index in [4.69, 9.17) is 22.8 Å². The quantitative estimate of drug-likeness (QED) is 0.0675. The normalized spacial score (nSPS) is 11.4. The Balaban J connectivity index is 2.11. The molecule has 41 heavy (non-hydrogen) atoms. The second-order valence-electron chi connectivity index (χ2n) is 9.34. The number of ether oxygens (including phenoxy) is 2. The summed E-state index contributed by atoms with van der Waals surface area (Å²) in [6.07, 6.45) is 8.90. The van der Waals surface area contributed by atoms with Crippen LogP contribution in [0.1, 0.15) is 84.6 Å². The Morgan fingerprint density at radius 1 is 0.780 bits per heavy atom. The molecule has 0 atom stereocenters. The summed E-state index contributed by atoms with van der Waals surface area (Å²) in [7, 11) is -2.69. The smallest absolute Gasteiger partial charge is 0.463 e. The molecule has 2 N–H and O–H groups in total. The number of nitrogens with one attached hydrogen (secondary N) is 2. The SMILES string of the molecule is CCCCC(=O)Nc1ccc(/C=C/C(=O)OCCCCCCOC(=O)NCCC[Si](OCC)(OCC)OCC)cc1. The molecular formula is C30H50N2O8Si. The molecule has 232 valence electrons. The fourth-order valence-corrected chi connectivity index (χ4v) is 6.51. The first kappa shape index (κ1) is 36.3. The fraction of sp³-hybridized carbons (Fsp3) is 0.633. The summed E-state index contributed by atoms with van der Waals surface area (Å²) >= 11 is 0. The molecule has 0 fully saturated rings. The Labute approximate surface area is 246 Å². The number of carbonyl (C=O) groups excluding carboxylic acids is 3. The lowest BCUT2D eigenvalue weighted by molar-refractivity contribution is -0.137. The molecule has 1 rings (SSSR count). The average molecular weight is 595 g/mol. The summed E-state index contributed by atoms with van der Waals surface area (Å²) in [6, 6.07) is 7.92. The van der Waals surface area contributed by atoms with Crippen LogP contribution < -0.4 is 10.6 Å². The minimum Gasteiger partial charge on any atom is -0.463 e. The zero-order valence-electron chi connectivity index (χ0n) is 25.3. The second-order valence-corrected chi connectivity index (χ2v) is 12.1. The van der Waals surface area contributed by atoms with Crippen LogP contribution in [-0.2, 0) is 32.3 Å². The lowest BCUT2D eigenvalue weighted by atomic mass is 10.2. The van der Waals surface area contributed by atoms with Crippen molar-refractivity contribution < 1.29 is 37.1 Å². The molecule has 0 aliphatic rings. The lowest BCUT2D eigenvalue weighted by Crippen LogP contribution is -2.46. The third-order valence-corrected chi connectivity index (χ3v) is 9.05. The van der Waals surface area contributed by atoms with Gasteiger partial charge in [-0.3, -0.25) is 4.79 Å². The zero-order valence-corrected chi connectivity index (χ0v) is 26.3. The molecule has 10 nitrogen and oxygen atoms in total. The van der Waals surface area contributed by atoms with Crippen LogP contribution in [0.25, 0.3) is 6.08 Å². The number of amides is 2. The van der Waals surface area contributed by atoms with Crippen molar-refractivity contribution in [1.29, 1.82) is 0 Å². The number of esters is 1. The van der Waals surface area contributed by atoms with Crippen molar-refractivity contribution in [1.82, 2.24) is 5.32 Å². The average Bonchev–Trinajstić information content (AvgIpc) is 2.95. The first-order valence-electron chi connectivity index (χ1n) is 14.9. The Morgan fingerprint density at radius 2 is 1.39 bits per heavy atom. The van der Waals surface area contributed by atoms with E-state index in [9.17, 15) is 14.4 Å². The van der Waals surface area contributed by atoms with E-state index >= 15 is 0 Å². The maximum atomic E-state index is 12.0. The molecule has 0 unspecified atom stereocenters. The van der Waals surface area contributed by atoms with Crippen LogP contribution in [0.2, 0.25) is 6.04 Å². The van der Waals surface area contributed by atoms with E-state index in [1.54, 1.807) is 6.08 Å². The van der Waals surface area contributed by atoms with Gasteiger partial charge in [-0.05, 0) is 83.1 Å². The highest BCUT2D eigenvalue weighted by molar-refractivity contribution is 6.60. The Kier molecular flexibility index (Phi) is 20.3. The molecule has 0 spiro atoms.